The molecule has 0 bridgehead atoms. The van der Waals surface area contributed by atoms with Gasteiger partial charge in [-0.2, -0.15) is 0 Å². The van der Waals surface area contributed by atoms with Gasteiger partial charge in [-0.1, -0.05) is 29.4 Å². The Hall–Kier alpha value is -2.28. The molecule has 0 aromatic heterocycles. The summed E-state index contributed by atoms with van der Waals surface area (Å²) in [6.07, 6.45) is 0. The molecule has 7 heteroatoms. The van der Waals surface area contributed by atoms with Crippen LogP contribution in [0.15, 0.2) is 29.4 Å². The molecule has 7 nitrogen and oxygen atoms in total. The van der Waals surface area contributed by atoms with Crippen molar-refractivity contribution in [1.82, 2.24) is 10.2 Å². The molecule has 108 valence electrons. The molecule has 0 unspecified atom stereocenters. The van der Waals surface area contributed by atoms with Crippen molar-refractivity contribution in [3.63, 3.8) is 0 Å². The molecular formula is C13H18N4O3. The highest BCUT2D eigenvalue weighted by molar-refractivity contribution is 5.96. The zero-order valence-electron chi connectivity index (χ0n) is 11.1. The van der Waals surface area contributed by atoms with E-state index in [1.165, 1.54) is 0 Å². The fraction of sp³-hybridized carbons (Fsp3) is 0.385. The van der Waals surface area contributed by atoms with Gasteiger partial charge in [0.15, 0.2) is 5.84 Å². The number of morpholine rings is 1. The molecule has 0 radical (unpaired) electrons. The average molecular weight is 278 g/mol. The van der Waals surface area contributed by atoms with E-state index in [-0.39, 0.29) is 11.9 Å². The van der Waals surface area contributed by atoms with Crippen LogP contribution in [0.25, 0.3) is 0 Å². The molecule has 0 atom stereocenters. The lowest BCUT2D eigenvalue weighted by atomic mass is 10.1. The molecule has 2 amide bonds. The van der Waals surface area contributed by atoms with Gasteiger partial charge in [0.05, 0.1) is 13.2 Å². The third kappa shape index (κ3) is 3.61. The van der Waals surface area contributed by atoms with Gasteiger partial charge in [-0.25, -0.2) is 4.79 Å². The molecule has 1 aromatic rings. The minimum Gasteiger partial charge on any atom is -0.409 e. The van der Waals surface area contributed by atoms with E-state index in [0.29, 0.717) is 38.4 Å². The number of hydrogen-bond acceptors (Lipinski definition) is 4. The molecular weight excluding hydrogens is 260 g/mol. The van der Waals surface area contributed by atoms with Crippen LogP contribution in [-0.2, 0) is 11.3 Å². The van der Waals surface area contributed by atoms with Gasteiger partial charge < -0.3 is 25.9 Å². The van der Waals surface area contributed by atoms with Crippen LogP contribution < -0.4 is 11.1 Å². The number of nitrogens with one attached hydrogen (secondary N) is 1. The van der Waals surface area contributed by atoms with Crippen molar-refractivity contribution in [2.24, 2.45) is 10.9 Å². The number of ether oxygens (including phenoxy) is 1. The molecule has 1 aromatic carbocycles. The standard InChI is InChI=1S/C13H18N4O3/c14-12(16-19)11-3-1-10(2-4-11)9-15-13(18)17-5-7-20-8-6-17/h1-4,19H,5-9H2,(H2,14,16)(H,15,18). The van der Waals surface area contributed by atoms with Crippen LogP contribution in [0.3, 0.4) is 0 Å². The van der Waals surface area contributed by atoms with Gasteiger partial charge in [0.2, 0.25) is 0 Å². The van der Waals surface area contributed by atoms with Gasteiger partial charge >= 0.3 is 6.03 Å². The van der Waals surface area contributed by atoms with Crippen LogP contribution in [0, 0.1) is 0 Å². The van der Waals surface area contributed by atoms with Crippen LogP contribution in [0.2, 0.25) is 0 Å². The Balaban J connectivity index is 1.85. The lowest BCUT2D eigenvalue weighted by Crippen LogP contribution is -2.45. The maximum absolute atomic E-state index is 11.9. The van der Waals surface area contributed by atoms with Gasteiger partial charge in [0.25, 0.3) is 0 Å². The third-order valence-electron chi connectivity index (χ3n) is 3.10. The molecule has 1 saturated heterocycles. The predicted molar refractivity (Wildman–Crippen MR) is 73.6 cm³/mol. The Morgan fingerprint density at radius 1 is 1.35 bits per heavy atom. The number of amides is 2. The van der Waals surface area contributed by atoms with Crippen molar-refractivity contribution < 1.29 is 14.7 Å². The molecule has 0 spiro atoms. The Bertz CT molecular complexity index is 481. The molecule has 1 fully saturated rings. The summed E-state index contributed by atoms with van der Waals surface area (Å²) in [4.78, 5) is 13.6. The maximum Gasteiger partial charge on any atom is 0.317 e. The molecule has 0 aliphatic carbocycles. The molecule has 2 rings (SSSR count). The highest BCUT2D eigenvalue weighted by Crippen LogP contribution is 2.05. The third-order valence-corrected chi connectivity index (χ3v) is 3.10. The first-order valence-electron chi connectivity index (χ1n) is 6.38. The van der Waals surface area contributed by atoms with E-state index in [2.05, 4.69) is 10.5 Å². The number of carbonyl (C=O) groups excluding carboxylic acids is 1. The van der Waals surface area contributed by atoms with Gasteiger partial charge in [-0.3, -0.25) is 0 Å². The smallest absolute Gasteiger partial charge is 0.317 e. The van der Waals surface area contributed by atoms with Crippen molar-refractivity contribution in [1.29, 1.82) is 0 Å². The normalized spacial score (nSPS) is 16.0. The number of oxime groups is 1. The van der Waals surface area contributed by atoms with Crippen molar-refractivity contribution in [2.75, 3.05) is 26.3 Å². The average Bonchev–Trinajstić information content (AvgIpc) is 2.53. The summed E-state index contributed by atoms with van der Waals surface area (Å²) in [7, 11) is 0. The summed E-state index contributed by atoms with van der Waals surface area (Å²) in [6, 6.07) is 7.05. The lowest BCUT2D eigenvalue weighted by Gasteiger charge is -2.26. The Morgan fingerprint density at radius 3 is 2.60 bits per heavy atom. The summed E-state index contributed by atoms with van der Waals surface area (Å²) in [5.41, 5.74) is 7.06. The van der Waals surface area contributed by atoms with Crippen LogP contribution >= 0.6 is 0 Å². The number of urea groups is 1. The highest BCUT2D eigenvalue weighted by Gasteiger charge is 2.15. The molecule has 1 aliphatic rings. The number of amidine groups is 1. The van der Waals surface area contributed by atoms with E-state index < -0.39 is 0 Å². The summed E-state index contributed by atoms with van der Waals surface area (Å²) in [5.74, 6) is 0.0638. The van der Waals surface area contributed by atoms with Crippen molar-refractivity contribution in [3.8, 4) is 0 Å². The minimum atomic E-state index is -0.0891. The molecule has 0 saturated carbocycles. The SMILES string of the molecule is NC(=NO)c1ccc(CNC(=O)N2CCOCC2)cc1. The maximum atomic E-state index is 11.9. The molecule has 4 N–H and O–H groups in total. The summed E-state index contributed by atoms with van der Waals surface area (Å²) < 4.78 is 5.19. The van der Waals surface area contributed by atoms with Crippen LogP contribution in [0.5, 0.6) is 0 Å². The van der Waals surface area contributed by atoms with E-state index >= 15 is 0 Å². The van der Waals surface area contributed by atoms with E-state index in [4.69, 9.17) is 15.7 Å². The van der Waals surface area contributed by atoms with Crippen LogP contribution in [0.1, 0.15) is 11.1 Å². The highest BCUT2D eigenvalue weighted by atomic mass is 16.5. The largest absolute Gasteiger partial charge is 0.409 e. The summed E-state index contributed by atoms with van der Waals surface area (Å²) in [5, 5.41) is 14.3. The van der Waals surface area contributed by atoms with Gasteiger partial charge in [0.1, 0.15) is 0 Å². The fourth-order valence-electron chi connectivity index (χ4n) is 1.91. The van der Waals surface area contributed by atoms with E-state index in [9.17, 15) is 4.79 Å². The number of carbonyl (C=O) groups is 1. The first-order chi connectivity index (χ1) is 9.70. The zero-order valence-corrected chi connectivity index (χ0v) is 11.1. The van der Waals surface area contributed by atoms with E-state index in [0.717, 1.165) is 5.56 Å². The minimum absolute atomic E-state index is 0.0638. The number of nitrogens with zero attached hydrogens (tertiary/aromatic N) is 2. The number of rotatable bonds is 3. The summed E-state index contributed by atoms with van der Waals surface area (Å²) >= 11 is 0. The Morgan fingerprint density at radius 2 is 2.00 bits per heavy atom. The van der Waals surface area contributed by atoms with Gasteiger partial charge in [-0.15, -0.1) is 0 Å². The fourth-order valence-corrected chi connectivity index (χ4v) is 1.91. The molecule has 20 heavy (non-hydrogen) atoms. The van der Waals surface area contributed by atoms with Gasteiger partial charge in [-0.05, 0) is 5.56 Å². The second kappa shape index (κ2) is 6.76. The Kier molecular flexibility index (Phi) is 4.78. The van der Waals surface area contributed by atoms with E-state index in [1.807, 2.05) is 12.1 Å². The van der Waals surface area contributed by atoms with Crippen molar-refractivity contribution in [3.05, 3.63) is 35.4 Å². The van der Waals surface area contributed by atoms with Crippen LogP contribution in [0.4, 0.5) is 4.79 Å². The van der Waals surface area contributed by atoms with Gasteiger partial charge in [0, 0.05) is 25.2 Å². The first-order valence-corrected chi connectivity index (χ1v) is 6.38. The van der Waals surface area contributed by atoms with Crippen molar-refractivity contribution >= 4 is 11.9 Å². The lowest BCUT2D eigenvalue weighted by molar-refractivity contribution is 0.0531. The Labute approximate surface area is 117 Å². The van der Waals surface area contributed by atoms with Crippen molar-refractivity contribution in [2.45, 2.75) is 6.54 Å². The second-order valence-corrected chi connectivity index (χ2v) is 4.44. The molecule has 1 aliphatic heterocycles. The number of hydrogen-bond donors (Lipinski definition) is 3. The second-order valence-electron chi connectivity index (χ2n) is 4.44. The zero-order chi connectivity index (χ0) is 14.4. The quantitative estimate of drug-likeness (QED) is 0.321. The number of benzene rings is 1. The molecule has 1 heterocycles. The number of nitrogens with two attached hydrogens (primary N) is 1. The van der Waals surface area contributed by atoms with Crippen LogP contribution in [-0.4, -0.2) is 48.3 Å². The monoisotopic (exact) mass is 278 g/mol. The predicted octanol–water partition coefficient (Wildman–Crippen LogP) is 0.323. The topological polar surface area (TPSA) is 100 Å². The first kappa shape index (κ1) is 14.1. The van der Waals surface area contributed by atoms with E-state index in [1.54, 1.807) is 17.0 Å². The summed E-state index contributed by atoms with van der Waals surface area (Å²) in [6.45, 7) is 2.85.